The monoisotopic (exact) mass is 169 g/mol. The fourth-order valence-corrected chi connectivity index (χ4v) is 1.25. The molecule has 0 bridgehead atoms. The lowest BCUT2D eigenvalue weighted by Gasteiger charge is -2.31. The summed E-state index contributed by atoms with van der Waals surface area (Å²) in [6.07, 6.45) is 0. The average Bonchev–Trinajstić information content (AvgIpc) is 1.86. The molecule has 0 fully saturated rings. The summed E-state index contributed by atoms with van der Waals surface area (Å²) in [5.41, 5.74) is 1.66. The second kappa shape index (κ2) is 2.85. The van der Waals surface area contributed by atoms with E-state index in [2.05, 4.69) is 12.8 Å². The normalized spacial score (nSPS) is 16.0. The Morgan fingerprint density at radius 1 is 1.36 bits per heavy atom. The van der Waals surface area contributed by atoms with Crippen LogP contribution in [-0.2, 0) is 0 Å². The van der Waals surface area contributed by atoms with Gasteiger partial charge >= 0.3 is 0 Å². The SMILES string of the molecule is Cc1ccccc1[N+](C)([O-])S. The standard InChI is InChI=1S/C8H11NOS/c1-7-5-3-4-6-8(7)9(2,10)11/h3-6,11H,1-2H3. The molecule has 0 N–H and O–H groups in total. The Kier molecular flexibility index (Phi) is 2.23. The molecule has 1 atom stereocenters. The van der Waals surface area contributed by atoms with Gasteiger partial charge in [-0.2, -0.15) is 0 Å². The third-order valence-electron chi connectivity index (χ3n) is 1.56. The largest absolute Gasteiger partial charge is 0.615 e. The van der Waals surface area contributed by atoms with Gasteiger partial charge in [0.1, 0.15) is 5.69 Å². The van der Waals surface area contributed by atoms with Crippen LogP contribution >= 0.6 is 12.8 Å². The summed E-state index contributed by atoms with van der Waals surface area (Å²) in [5.74, 6) is 0. The molecule has 1 unspecified atom stereocenters. The van der Waals surface area contributed by atoms with Crippen molar-refractivity contribution in [2.24, 2.45) is 0 Å². The second-order valence-electron chi connectivity index (χ2n) is 2.67. The zero-order chi connectivity index (χ0) is 8.48. The maximum absolute atomic E-state index is 11.3. The Balaban J connectivity index is 3.14. The Hall–Kier alpha value is -0.510. The van der Waals surface area contributed by atoms with E-state index in [-0.39, 0.29) is 0 Å². The van der Waals surface area contributed by atoms with Crippen LogP contribution in [0.2, 0.25) is 0 Å². The van der Waals surface area contributed by atoms with E-state index in [9.17, 15) is 5.21 Å². The smallest absolute Gasteiger partial charge is 0.146 e. The first kappa shape index (κ1) is 8.59. The van der Waals surface area contributed by atoms with Gasteiger partial charge < -0.3 is 5.21 Å². The molecule has 0 aliphatic heterocycles. The molecule has 1 rings (SSSR count). The molecule has 0 aliphatic rings. The van der Waals surface area contributed by atoms with E-state index in [0.717, 1.165) is 5.56 Å². The number of hydrogen-bond acceptors (Lipinski definition) is 2. The molecule has 1 aromatic carbocycles. The van der Waals surface area contributed by atoms with Crippen LogP contribution in [0.1, 0.15) is 5.56 Å². The zero-order valence-corrected chi connectivity index (χ0v) is 7.51. The van der Waals surface area contributed by atoms with Gasteiger partial charge in [-0.15, -0.1) is 0 Å². The predicted octanol–water partition coefficient (Wildman–Crippen LogP) is 2.27. The van der Waals surface area contributed by atoms with Crippen LogP contribution < -0.4 is 4.05 Å². The highest BCUT2D eigenvalue weighted by molar-refractivity contribution is 7.79. The highest BCUT2D eigenvalue weighted by atomic mass is 32.1. The van der Waals surface area contributed by atoms with Gasteiger partial charge in [0.2, 0.25) is 0 Å². The van der Waals surface area contributed by atoms with E-state index in [1.54, 1.807) is 6.07 Å². The quantitative estimate of drug-likeness (QED) is 0.389. The molecule has 0 radical (unpaired) electrons. The molecular weight excluding hydrogens is 158 g/mol. The second-order valence-corrected chi connectivity index (χ2v) is 3.43. The molecular formula is C8H11NOS. The third-order valence-corrected chi connectivity index (χ3v) is 1.78. The third kappa shape index (κ3) is 1.96. The van der Waals surface area contributed by atoms with Gasteiger partial charge in [-0.25, -0.2) is 0 Å². The Morgan fingerprint density at radius 2 is 1.91 bits per heavy atom. The topological polar surface area (TPSA) is 23.1 Å². The van der Waals surface area contributed by atoms with Crippen molar-refractivity contribution in [3.05, 3.63) is 35.0 Å². The van der Waals surface area contributed by atoms with Gasteiger partial charge in [-0.3, -0.25) is 4.05 Å². The molecule has 0 aromatic heterocycles. The highest BCUT2D eigenvalue weighted by Crippen LogP contribution is 2.25. The van der Waals surface area contributed by atoms with Crippen molar-refractivity contribution in [3.63, 3.8) is 0 Å². The van der Waals surface area contributed by atoms with E-state index in [1.807, 2.05) is 25.1 Å². The molecule has 1 aromatic rings. The van der Waals surface area contributed by atoms with Crippen molar-refractivity contribution in [1.82, 2.24) is 4.05 Å². The first-order chi connectivity index (χ1) is 5.02. The van der Waals surface area contributed by atoms with Crippen LogP contribution in [0.3, 0.4) is 0 Å². The summed E-state index contributed by atoms with van der Waals surface area (Å²) >= 11 is 3.90. The summed E-state index contributed by atoms with van der Waals surface area (Å²) in [6, 6.07) is 7.44. The van der Waals surface area contributed by atoms with E-state index in [0.29, 0.717) is 5.69 Å². The molecule has 0 aliphatic carbocycles. The fraction of sp³-hybridized carbons (Fsp3) is 0.250. The van der Waals surface area contributed by atoms with Gasteiger partial charge in [0.15, 0.2) is 0 Å². The van der Waals surface area contributed by atoms with Crippen molar-refractivity contribution in [2.75, 3.05) is 7.05 Å². The maximum atomic E-state index is 11.3. The minimum absolute atomic E-state index is 0.660. The van der Waals surface area contributed by atoms with Crippen molar-refractivity contribution >= 4 is 18.5 Å². The van der Waals surface area contributed by atoms with Crippen molar-refractivity contribution in [2.45, 2.75) is 6.92 Å². The van der Waals surface area contributed by atoms with Crippen molar-refractivity contribution in [3.8, 4) is 0 Å². The van der Waals surface area contributed by atoms with E-state index in [4.69, 9.17) is 0 Å². The molecule has 0 saturated carbocycles. The summed E-state index contributed by atoms with van der Waals surface area (Å²) in [5, 5.41) is 11.3. The molecule has 3 heteroatoms. The van der Waals surface area contributed by atoms with Gasteiger partial charge in [-0.05, 0) is 6.92 Å². The van der Waals surface area contributed by atoms with Crippen LogP contribution in [0.25, 0.3) is 0 Å². The number of hydroxylamine groups is 1. The van der Waals surface area contributed by atoms with Crippen LogP contribution in [0.15, 0.2) is 24.3 Å². The molecule has 0 heterocycles. The van der Waals surface area contributed by atoms with Crippen molar-refractivity contribution < 1.29 is 0 Å². The summed E-state index contributed by atoms with van der Waals surface area (Å²) in [6.45, 7) is 1.90. The lowest BCUT2D eigenvalue weighted by atomic mass is 10.2. The van der Waals surface area contributed by atoms with E-state index >= 15 is 0 Å². The van der Waals surface area contributed by atoms with Gasteiger partial charge in [0.25, 0.3) is 0 Å². The zero-order valence-electron chi connectivity index (χ0n) is 6.61. The summed E-state index contributed by atoms with van der Waals surface area (Å²) in [4.78, 5) is 0. The molecule has 0 amide bonds. The van der Waals surface area contributed by atoms with Gasteiger partial charge in [0, 0.05) is 11.6 Å². The molecule has 0 spiro atoms. The van der Waals surface area contributed by atoms with E-state index in [1.165, 1.54) is 7.05 Å². The first-order valence-corrected chi connectivity index (χ1v) is 3.78. The number of para-hydroxylation sites is 1. The Morgan fingerprint density at radius 3 is 2.27 bits per heavy atom. The number of nitrogens with zero attached hydrogens (tertiary/aromatic N) is 1. The average molecular weight is 169 g/mol. The number of quaternary nitrogens is 1. The number of rotatable bonds is 1. The maximum Gasteiger partial charge on any atom is 0.146 e. The van der Waals surface area contributed by atoms with Gasteiger partial charge in [-0.1, -0.05) is 18.2 Å². The Labute approximate surface area is 72.2 Å². The van der Waals surface area contributed by atoms with Crippen LogP contribution in [-0.4, -0.2) is 7.05 Å². The molecule has 2 nitrogen and oxygen atoms in total. The van der Waals surface area contributed by atoms with Crippen molar-refractivity contribution in [1.29, 1.82) is 0 Å². The lowest BCUT2D eigenvalue weighted by Crippen LogP contribution is -2.25. The lowest BCUT2D eigenvalue weighted by molar-refractivity contribution is 0.739. The number of benzene rings is 1. The minimum atomic E-state index is -0.660. The van der Waals surface area contributed by atoms with E-state index < -0.39 is 4.05 Å². The molecule has 0 saturated heterocycles. The minimum Gasteiger partial charge on any atom is -0.615 e. The number of hydrogen-bond donors (Lipinski definition) is 1. The summed E-state index contributed by atoms with van der Waals surface area (Å²) in [7, 11) is 1.49. The Bertz CT molecular complexity index is 255. The number of thiol groups is 1. The van der Waals surface area contributed by atoms with Crippen LogP contribution in [0.5, 0.6) is 0 Å². The molecule has 11 heavy (non-hydrogen) atoms. The van der Waals surface area contributed by atoms with Crippen LogP contribution in [0, 0.1) is 12.1 Å². The van der Waals surface area contributed by atoms with Crippen LogP contribution in [0.4, 0.5) is 5.69 Å². The number of aryl methyl sites for hydroxylation is 1. The first-order valence-electron chi connectivity index (χ1n) is 3.38. The predicted molar refractivity (Wildman–Crippen MR) is 51.3 cm³/mol. The fourth-order valence-electron chi connectivity index (χ4n) is 1.03. The van der Waals surface area contributed by atoms with Gasteiger partial charge in [0.05, 0.1) is 19.9 Å². The summed E-state index contributed by atoms with van der Waals surface area (Å²) < 4.78 is -0.660. The highest BCUT2D eigenvalue weighted by Gasteiger charge is 2.10. The molecule has 60 valence electrons.